The zero-order valence-corrected chi connectivity index (χ0v) is 11.2. The SMILES string of the molecule is BrCc1nc(-c2ccccc2)sc1Br. The van der Waals surface area contributed by atoms with Gasteiger partial charge in [0.15, 0.2) is 0 Å². The molecule has 0 radical (unpaired) electrons. The minimum atomic E-state index is 0.789. The standard InChI is InChI=1S/C10H7Br2NS/c11-6-8-9(12)14-10(13-8)7-4-2-1-3-5-7/h1-5H,6H2. The summed E-state index contributed by atoms with van der Waals surface area (Å²) in [5, 5.41) is 1.85. The van der Waals surface area contributed by atoms with Crippen molar-refractivity contribution in [2.45, 2.75) is 5.33 Å². The Kier molecular flexibility index (Phi) is 3.36. The van der Waals surface area contributed by atoms with Gasteiger partial charge in [-0.2, -0.15) is 0 Å². The second-order valence-electron chi connectivity index (χ2n) is 2.74. The molecule has 0 amide bonds. The molecule has 0 N–H and O–H groups in total. The molecule has 0 saturated heterocycles. The Labute approximate surface area is 103 Å². The second-order valence-corrected chi connectivity index (χ2v) is 5.62. The number of hydrogen-bond acceptors (Lipinski definition) is 2. The summed E-state index contributed by atoms with van der Waals surface area (Å²) in [6.45, 7) is 0. The number of nitrogens with zero attached hydrogens (tertiary/aromatic N) is 1. The Morgan fingerprint density at radius 3 is 2.50 bits per heavy atom. The number of aromatic nitrogens is 1. The third-order valence-corrected chi connectivity index (χ3v) is 4.21. The van der Waals surface area contributed by atoms with Crippen molar-refractivity contribution >= 4 is 43.2 Å². The summed E-state index contributed by atoms with van der Waals surface area (Å²) in [5.74, 6) is 0. The van der Waals surface area contributed by atoms with Crippen molar-refractivity contribution in [3.63, 3.8) is 0 Å². The highest BCUT2D eigenvalue weighted by Gasteiger charge is 2.08. The van der Waals surface area contributed by atoms with E-state index in [1.54, 1.807) is 11.3 Å². The van der Waals surface area contributed by atoms with Gasteiger partial charge in [0, 0.05) is 10.9 Å². The van der Waals surface area contributed by atoms with E-state index < -0.39 is 0 Å². The van der Waals surface area contributed by atoms with Crippen molar-refractivity contribution in [3.05, 3.63) is 39.8 Å². The Hall–Kier alpha value is -0.190. The fourth-order valence-corrected chi connectivity index (χ4v) is 3.59. The maximum absolute atomic E-state index is 4.52. The molecule has 2 rings (SSSR count). The van der Waals surface area contributed by atoms with Crippen LogP contribution in [0, 0.1) is 0 Å². The number of rotatable bonds is 2. The van der Waals surface area contributed by atoms with Crippen molar-refractivity contribution in [3.8, 4) is 10.6 Å². The van der Waals surface area contributed by atoms with Gasteiger partial charge >= 0.3 is 0 Å². The molecule has 0 aliphatic carbocycles. The van der Waals surface area contributed by atoms with Gasteiger partial charge < -0.3 is 0 Å². The van der Waals surface area contributed by atoms with Crippen molar-refractivity contribution in [2.24, 2.45) is 0 Å². The Bertz CT molecular complexity index is 425. The summed E-state index contributed by atoms with van der Waals surface area (Å²) in [4.78, 5) is 4.52. The lowest BCUT2D eigenvalue weighted by molar-refractivity contribution is 1.24. The quantitative estimate of drug-likeness (QED) is 0.739. The molecule has 0 atom stereocenters. The first-order valence-electron chi connectivity index (χ1n) is 4.08. The van der Waals surface area contributed by atoms with Crippen LogP contribution in [-0.2, 0) is 5.33 Å². The van der Waals surface area contributed by atoms with Gasteiger partial charge in [-0.25, -0.2) is 4.98 Å². The second kappa shape index (κ2) is 4.55. The molecule has 0 aliphatic rings. The molecule has 0 bridgehead atoms. The first-order chi connectivity index (χ1) is 6.81. The zero-order chi connectivity index (χ0) is 9.97. The monoisotopic (exact) mass is 331 g/mol. The first kappa shape index (κ1) is 10.3. The van der Waals surface area contributed by atoms with Crippen LogP contribution >= 0.6 is 43.2 Å². The van der Waals surface area contributed by atoms with Crippen LogP contribution in [0.3, 0.4) is 0 Å². The fraction of sp³-hybridized carbons (Fsp3) is 0.100. The van der Waals surface area contributed by atoms with Gasteiger partial charge in [-0.3, -0.25) is 0 Å². The van der Waals surface area contributed by atoms with Crippen LogP contribution < -0.4 is 0 Å². The van der Waals surface area contributed by atoms with Crippen molar-refractivity contribution in [1.29, 1.82) is 0 Å². The molecular weight excluding hydrogens is 326 g/mol. The number of thiazole rings is 1. The van der Waals surface area contributed by atoms with Crippen LogP contribution in [0.4, 0.5) is 0 Å². The molecule has 0 fully saturated rings. The van der Waals surface area contributed by atoms with Gasteiger partial charge in [0.05, 0.1) is 9.48 Å². The van der Waals surface area contributed by atoms with Crippen molar-refractivity contribution in [1.82, 2.24) is 4.98 Å². The van der Waals surface area contributed by atoms with Crippen LogP contribution in [0.15, 0.2) is 34.1 Å². The molecule has 0 aliphatic heterocycles. The third-order valence-electron chi connectivity index (χ3n) is 1.80. The molecule has 1 aromatic heterocycles. The van der Waals surface area contributed by atoms with Crippen LogP contribution in [0.1, 0.15) is 5.69 Å². The summed E-state index contributed by atoms with van der Waals surface area (Å²) < 4.78 is 1.10. The van der Waals surface area contributed by atoms with E-state index in [1.807, 2.05) is 18.2 Å². The fourth-order valence-electron chi connectivity index (χ4n) is 1.12. The summed E-state index contributed by atoms with van der Waals surface area (Å²) in [5.41, 5.74) is 2.24. The van der Waals surface area contributed by atoms with Gasteiger partial charge in [0.25, 0.3) is 0 Å². The predicted octanol–water partition coefficient (Wildman–Crippen LogP) is 4.47. The smallest absolute Gasteiger partial charge is 0.124 e. The maximum Gasteiger partial charge on any atom is 0.124 e. The first-order valence-corrected chi connectivity index (χ1v) is 6.81. The summed E-state index contributed by atoms with van der Waals surface area (Å²) in [6, 6.07) is 10.2. The molecule has 1 heterocycles. The molecule has 4 heteroatoms. The maximum atomic E-state index is 4.52. The van der Waals surface area contributed by atoms with E-state index in [1.165, 1.54) is 5.56 Å². The lowest BCUT2D eigenvalue weighted by Gasteiger charge is -1.92. The Balaban J connectivity index is 2.43. The third kappa shape index (κ3) is 2.07. The van der Waals surface area contributed by atoms with Crippen molar-refractivity contribution < 1.29 is 0 Å². The van der Waals surface area contributed by atoms with E-state index in [2.05, 4.69) is 49.0 Å². The number of alkyl halides is 1. The van der Waals surface area contributed by atoms with E-state index in [9.17, 15) is 0 Å². The molecule has 1 nitrogen and oxygen atoms in total. The molecule has 72 valence electrons. The highest BCUT2D eigenvalue weighted by atomic mass is 79.9. The van der Waals surface area contributed by atoms with Gasteiger partial charge in [-0.1, -0.05) is 46.3 Å². The molecular formula is C10H7Br2NS. The molecule has 0 spiro atoms. The number of hydrogen-bond donors (Lipinski definition) is 0. The van der Waals surface area contributed by atoms with Crippen molar-refractivity contribution in [2.75, 3.05) is 0 Å². The van der Waals surface area contributed by atoms with Gasteiger partial charge in [0.2, 0.25) is 0 Å². The largest absolute Gasteiger partial charge is 0.239 e. The van der Waals surface area contributed by atoms with Gasteiger partial charge in [-0.15, -0.1) is 11.3 Å². The van der Waals surface area contributed by atoms with Crippen LogP contribution in [0.2, 0.25) is 0 Å². The summed E-state index contributed by atoms with van der Waals surface area (Å²) in [6.07, 6.45) is 0. The lowest BCUT2D eigenvalue weighted by atomic mass is 10.2. The lowest BCUT2D eigenvalue weighted by Crippen LogP contribution is -1.78. The molecule has 1 aromatic carbocycles. The minimum absolute atomic E-state index is 0.789. The average Bonchev–Trinajstić information content (AvgIpc) is 2.61. The van der Waals surface area contributed by atoms with Crippen LogP contribution in [0.25, 0.3) is 10.6 Å². The molecule has 14 heavy (non-hydrogen) atoms. The van der Waals surface area contributed by atoms with Gasteiger partial charge in [0.1, 0.15) is 5.01 Å². The van der Waals surface area contributed by atoms with Crippen LogP contribution in [-0.4, -0.2) is 4.98 Å². The number of halogens is 2. The van der Waals surface area contributed by atoms with E-state index in [-0.39, 0.29) is 0 Å². The molecule has 2 aromatic rings. The van der Waals surface area contributed by atoms with Crippen LogP contribution in [0.5, 0.6) is 0 Å². The van der Waals surface area contributed by atoms with E-state index in [4.69, 9.17) is 0 Å². The predicted molar refractivity (Wildman–Crippen MR) is 67.9 cm³/mol. The highest BCUT2D eigenvalue weighted by molar-refractivity contribution is 9.11. The minimum Gasteiger partial charge on any atom is -0.239 e. The summed E-state index contributed by atoms with van der Waals surface area (Å²) >= 11 is 8.58. The Morgan fingerprint density at radius 2 is 1.93 bits per heavy atom. The number of benzene rings is 1. The average molecular weight is 333 g/mol. The van der Waals surface area contributed by atoms with E-state index in [0.717, 1.165) is 19.8 Å². The molecule has 0 unspecified atom stereocenters. The topological polar surface area (TPSA) is 12.9 Å². The molecule has 0 saturated carbocycles. The Morgan fingerprint density at radius 1 is 1.21 bits per heavy atom. The zero-order valence-electron chi connectivity index (χ0n) is 7.21. The van der Waals surface area contributed by atoms with Gasteiger partial charge in [-0.05, 0) is 15.9 Å². The summed E-state index contributed by atoms with van der Waals surface area (Å²) in [7, 11) is 0. The highest BCUT2D eigenvalue weighted by Crippen LogP contribution is 2.32. The van der Waals surface area contributed by atoms with E-state index >= 15 is 0 Å². The normalized spacial score (nSPS) is 10.4. The van der Waals surface area contributed by atoms with E-state index in [0.29, 0.717) is 0 Å².